The number of nitrogens with one attached hydrogen (secondary N) is 1. The van der Waals surface area contributed by atoms with E-state index in [1.807, 2.05) is 51.1 Å². The van der Waals surface area contributed by atoms with Gasteiger partial charge in [-0.1, -0.05) is 30.3 Å². The van der Waals surface area contributed by atoms with E-state index < -0.39 is 5.60 Å². The number of carbonyl (C=O) groups excluding carboxylic acids is 1. The second-order valence-corrected chi connectivity index (χ2v) is 5.85. The van der Waals surface area contributed by atoms with Gasteiger partial charge in [0.2, 0.25) is 0 Å². The van der Waals surface area contributed by atoms with Gasteiger partial charge in [-0.05, 0) is 45.8 Å². The third-order valence-corrected chi connectivity index (χ3v) is 2.76. The molecule has 1 aromatic carbocycles. The van der Waals surface area contributed by atoms with Crippen molar-refractivity contribution in [2.24, 2.45) is 5.73 Å². The standard InChI is InChI=1S/C16H26N2O2/c1-16(2,3)20-15(19)12-14(18-11-7-10-17)13-8-5-4-6-9-13/h4-6,8-9,14,18H,7,10-12,17H2,1-3H3/t14-/m1/s1. The summed E-state index contributed by atoms with van der Waals surface area (Å²) in [6.07, 6.45) is 1.21. The van der Waals surface area contributed by atoms with Crippen LogP contribution in [0.4, 0.5) is 0 Å². The number of ether oxygens (including phenoxy) is 1. The highest BCUT2D eigenvalue weighted by Gasteiger charge is 2.21. The average Bonchev–Trinajstić information content (AvgIpc) is 2.37. The first kappa shape index (κ1) is 16.7. The number of carbonyl (C=O) groups is 1. The fourth-order valence-electron chi connectivity index (χ4n) is 1.92. The van der Waals surface area contributed by atoms with Gasteiger partial charge in [-0.2, -0.15) is 0 Å². The zero-order valence-corrected chi connectivity index (χ0v) is 12.7. The Bertz CT molecular complexity index is 399. The zero-order chi connectivity index (χ0) is 15.0. The summed E-state index contributed by atoms with van der Waals surface area (Å²) < 4.78 is 5.39. The quantitative estimate of drug-likeness (QED) is 0.594. The Labute approximate surface area is 121 Å². The van der Waals surface area contributed by atoms with Gasteiger partial charge in [0, 0.05) is 6.04 Å². The summed E-state index contributed by atoms with van der Waals surface area (Å²) in [6.45, 7) is 7.07. The van der Waals surface area contributed by atoms with Gasteiger partial charge < -0.3 is 15.8 Å². The van der Waals surface area contributed by atoms with E-state index in [1.165, 1.54) is 0 Å². The van der Waals surface area contributed by atoms with E-state index in [4.69, 9.17) is 10.5 Å². The average molecular weight is 278 g/mol. The Balaban J connectivity index is 2.65. The van der Waals surface area contributed by atoms with Crippen molar-refractivity contribution in [1.82, 2.24) is 5.32 Å². The molecule has 4 heteroatoms. The van der Waals surface area contributed by atoms with E-state index in [2.05, 4.69) is 5.32 Å². The van der Waals surface area contributed by atoms with Gasteiger partial charge in [0.05, 0.1) is 6.42 Å². The van der Waals surface area contributed by atoms with Crippen LogP contribution in [0.15, 0.2) is 30.3 Å². The highest BCUT2D eigenvalue weighted by atomic mass is 16.6. The van der Waals surface area contributed by atoms with Crippen molar-refractivity contribution in [3.8, 4) is 0 Å². The zero-order valence-electron chi connectivity index (χ0n) is 12.7. The molecule has 0 aliphatic rings. The number of benzene rings is 1. The number of esters is 1. The van der Waals surface area contributed by atoms with Crippen LogP contribution in [0.1, 0.15) is 45.2 Å². The Hall–Kier alpha value is -1.39. The van der Waals surface area contributed by atoms with Crippen LogP contribution < -0.4 is 11.1 Å². The summed E-state index contributed by atoms with van der Waals surface area (Å²) in [4.78, 5) is 12.0. The van der Waals surface area contributed by atoms with E-state index in [9.17, 15) is 4.79 Å². The summed E-state index contributed by atoms with van der Waals surface area (Å²) in [7, 11) is 0. The van der Waals surface area contributed by atoms with Gasteiger partial charge >= 0.3 is 5.97 Å². The van der Waals surface area contributed by atoms with Crippen molar-refractivity contribution in [3.63, 3.8) is 0 Å². The Morgan fingerprint density at radius 3 is 2.50 bits per heavy atom. The van der Waals surface area contributed by atoms with Gasteiger partial charge in [0.1, 0.15) is 5.60 Å². The van der Waals surface area contributed by atoms with Crippen LogP contribution in [0, 0.1) is 0 Å². The van der Waals surface area contributed by atoms with Gasteiger partial charge in [0.15, 0.2) is 0 Å². The summed E-state index contributed by atoms with van der Waals surface area (Å²) in [6, 6.07) is 9.92. The molecule has 0 aliphatic carbocycles. The smallest absolute Gasteiger partial charge is 0.308 e. The van der Waals surface area contributed by atoms with Crippen LogP contribution >= 0.6 is 0 Å². The molecule has 4 nitrogen and oxygen atoms in total. The Kier molecular flexibility index (Phi) is 6.68. The first-order valence-corrected chi connectivity index (χ1v) is 7.12. The molecule has 20 heavy (non-hydrogen) atoms. The maximum Gasteiger partial charge on any atom is 0.308 e. The van der Waals surface area contributed by atoms with Gasteiger partial charge in [0.25, 0.3) is 0 Å². The first-order chi connectivity index (χ1) is 9.42. The molecule has 0 spiro atoms. The van der Waals surface area contributed by atoms with E-state index in [0.717, 1.165) is 18.5 Å². The fraction of sp³-hybridized carbons (Fsp3) is 0.562. The number of nitrogens with two attached hydrogens (primary N) is 1. The van der Waals surface area contributed by atoms with Gasteiger partial charge in [-0.15, -0.1) is 0 Å². The molecule has 1 aromatic rings. The number of hydrogen-bond acceptors (Lipinski definition) is 4. The van der Waals surface area contributed by atoms with Crippen molar-refractivity contribution in [1.29, 1.82) is 0 Å². The van der Waals surface area contributed by atoms with Crippen LogP contribution in [0.3, 0.4) is 0 Å². The normalized spacial score (nSPS) is 13.0. The molecule has 0 fully saturated rings. The van der Waals surface area contributed by atoms with Crippen LogP contribution in [-0.4, -0.2) is 24.7 Å². The third kappa shape index (κ3) is 6.68. The molecule has 0 bridgehead atoms. The fourth-order valence-corrected chi connectivity index (χ4v) is 1.92. The minimum atomic E-state index is -0.449. The minimum absolute atomic E-state index is 0.0300. The largest absolute Gasteiger partial charge is 0.460 e. The number of rotatable bonds is 7. The van der Waals surface area contributed by atoms with Crippen molar-refractivity contribution >= 4 is 5.97 Å². The summed E-state index contributed by atoms with van der Waals surface area (Å²) >= 11 is 0. The lowest BCUT2D eigenvalue weighted by molar-refractivity contribution is -0.155. The maximum atomic E-state index is 12.0. The van der Waals surface area contributed by atoms with Crippen LogP contribution in [-0.2, 0) is 9.53 Å². The SMILES string of the molecule is CC(C)(C)OC(=O)C[C@@H](NCCCN)c1ccccc1. The summed E-state index contributed by atoms with van der Waals surface area (Å²) in [5, 5.41) is 3.37. The molecule has 0 unspecified atom stereocenters. The highest BCUT2D eigenvalue weighted by molar-refractivity contribution is 5.71. The minimum Gasteiger partial charge on any atom is -0.460 e. The molecule has 0 saturated carbocycles. The molecular weight excluding hydrogens is 252 g/mol. The van der Waals surface area contributed by atoms with Gasteiger partial charge in [-0.25, -0.2) is 0 Å². The van der Waals surface area contributed by atoms with E-state index in [1.54, 1.807) is 0 Å². The van der Waals surface area contributed by atoms with Crippen molar-refractivity contribution in [2.75, 3.05) is 13.1 Å². The lowest BCUT2D eigenvalue weighted by Crippen LogP contribution is -2.30. The second-order valence-electron chi connectivity index (χ2n) is 5.85. The van der Waals surface area contributed by atoms with Crippen molar-refractivity contribution in [3.05, 3.63) is 35.9 Å². The topological polar surface area (TPSA) is 64.3 Å². The monoisotopic (exact) mass is 278 g/mol. The summed E-state index contributed by atoms with van der Waals surface area (Å²) in [5.41, 5.74) is 6.15. The van der Waals surface area contributed by atoms with Crippen LogP contribution in [0.5, 0.6) is 0 Å². The second kappa shape index (κ2) is 8.02. The molecular formula is C16H26N2O2. The van der Waals surface area contributed by atoms with E-state index in [0.29, 0.717) is 13.0 Å². The maximum absolute atomic E-state index is 12.0. The van der Waals surface area contributed by atoms with Crippen LogP contribution in [0.2, 0.25) is 0 Å². The Morgan fingerprint density at radius 2 is 1.95 bits per heavy atom. The van der Waals surface area contributed by atoms with Crippen LogP contribution in [0.25, 0.3) is 0 Å². The molecule has 0 heterocycles. The predicted molar refractivity (Wildman–Crippen MR) is 81.3 cm³/mol. The lowest BCUT2D eigenvalue weighted by Gasteiger charge is -2.23. The van der Waals surface area contributed by atoms with Gasteiger partial charge in [-0.3, -0.25) is 4.79 Å². The highest BCUT2D eigenvalue weighted by Crippen LogP contribution is 2.19. The Morgan fingerprint density at radius 1 is 1.30 bits per heavy atom. The third-order valence-electron chi connectivity index (χ3n) is 2.76. The van der Waals surface area contributed by atoms with E-state index >= 15 is 0 Å². The molecule has 0 radical (unpaired) electrons. The molecule has 112 valence electrons. The molecule has 0 amide bonds. The number of hydrogen-bond donors (Lipinski definition) is 2. The first-order valence-electron chi connectivity index (χ1n) is 7.12. The molecule has 1 rings (SSSR count). The van der Waals surface area contributed by atoms with E-state index in [-0.39, 0.29) is 12.0 Å². The van der Waals surface area contributed by atoms with Crippen molar-refractivity contribution < 1.29 is 9.53 Å². The molecule has 0 aliphatic heterocycles. The molecule has 0 aromatic heterocycles. The summed E-state index contributed by atoms with van der Waals surface area (Å²) in [5.74, 6) is -0.188. The molecule has 3 N–H and O–H groups in total. The predicted octanol–water partition coefficient (Wildman–Crippen LogP) is 2.40. The van der Waals surface area contributed by atoms with Crippen molar-refractivity contribution in [2.45, 2.75) is 45.3 Å². The molecule has 0 saturated heterocycles. The molecule has 1 atom stereocenters. The lowest BCUT2D eigenvalue weighted by atomic mass is 10.0.